The van der Waals surface area contributed by atoms with Gasteiger partial charge < -0.3 is 14.8 Å². The van der Waals surface area contributed by atoms with E-state index in [-0.39, 0.29) is 5.92 Å². The number of aliphatic hydroxyl groups excluding tert-OH is 1. The number of carbonyl (C=O) groups is 2. The molecule has 0 aliphatic rings. The fourth-order valence-corrected chi connectivity index (χ4v) is 1.06. The van der Waals surface area contributed by atoms with Crippen LogP contribution in [-0.2, 0) is 19.3 Å². The molecule has 2 unspecified atom stereocenters. The third kappa shape index (κ3) is 2.95. The van der Waals surface area contributed by atoms with Crippen LogP contribution in [0.4, 0.5) is 0 Å². The van der Waals surface area contributed by atoms with Crippen molar-refractivity contribution < 1.29 is 24.4 Å². The predicted octanol–water partition coefficient (Wildman–Crippen LogP) is -1.55. The van der Waals surface area contributed by atoms with Gasteiger partial charge in [-0.2, -0.15) is 11.8 Å². The molecule has 0 bridgehead atoms. The highest BCUT2D eigenvalue weighted by Gasteiger charge is 2.36. The minimum Gasteiger partial charge on any atom is -0.380 e. The highest BCUT2D eigenvalue weighted by molar-refractivity contribution is 5.83. The van der Waals surface area contributed by atoms with Crippen LogP contribution in [0, 0.1) is 11.8 Å². The highest BCUT2D eigenvalue weighted by atomic mass is 16.7. The van der Waals surface area contributed by atoms with Gasteiger partial charge in [0, 0.05) is 0 Å². The van der Waals surface area contributed by atoms with Crippen LogP contribution < -0.4 is 11.8 Å². The lowest BCUT2D eigenvalue weighted by molar-refractivity contribution is -0.169. The summed E-state index contributed by atoms with van der Waals surface area (Å²) < 4.78 is 0. The molecule has 0 rings (SSSR count). The standard InChI is InChI=1S/C7H14N2O5/c1-3(2)4(6(11)13-8)5(10)7(12)14-9/h3-5,10H,8-9H2,1-2H3. The lowest BCUT2D eigenvalue weighted by Gasteiger charge is -2.20. The largest absolute Gasteiger partial charge is 0.380 e. The summed E-state index contributed by atoms with van der Waals surface area (Å²) in [5.41, 5.74) is 0. The van der Waals surface area contributed by atoms with E-state index in [0.29, 0.717) is 0 Å². The normalized spacial score (nSPS) is 14.7. The zero-order chi connectivity index (χ0) is 11.3. The van der Waals surface area contributed by atoms with Crippen molar-refractivity contribution in [3.8, 4) is 0 Å². The highest BCUT2D eigenvalue weighted by Crippen LogP contribution is 2.17. The quantitative estimate of drug-likeness (QED) is 0.475. The molecule has 7 nitrogen and oxygen atoms in total. The first-order valence-electron chi connectivity index (χ1n) is 3.94. The topological polar surface area (TPSA) is 125 Å². The summed E-state index contributed by atoms with van der Waals surface area (Å²) in [7, 11) is 0. The Bertz CT molecular complexity index is 218. The van der Waals surface area contributed by atoms with Crippen LogP contribution in [0.5, 0.6) is 0 Å². The van der Waals surface area contributed by atoms with Crippen molar-refractivity contribution >= 4 is 11.9 Å². The second-order valence-electron chi connectivity index (χ2n) is 3.09. The van der Waals surface area contributed by atoms with E-state index in [9.17, 15) is 14.7 Å². The molecule has 0 aliphatic carbocycles. The maximum atomic E-state index is 11.1. The second-order valence-corrected chi connectivity index (χ2v) is 3.09. The molecule has 14 heavy (non-hydrogen) atoms. The summed E-state index contributed by atoms with van der Waals surface area (Å²) in [4.78, 5) is 29.6. The lowest BCUT2D eigenvalue weighted by Crippen LogP contribution is -2.41. The molecule has 0 fully saturated rings. The number of rotatable bonds is 4. The van der Waals surface area contributed by atoms with Gasteiger partial charge in [-0.05, 0) is 5.92 Å². The van der Waals surface area contributed by atoms with Crippen LogP contribution in [0.2, 0.25) is 0 Å². The minimum absolute atomic E-state index is 0.333. The Labute approximate surface area is 80.9 Å². The van der Waals surface area contributed by atoms with E-state index >= 15 is 0 Å². The van der Waals surface area contributed by atoms with E-state index in [1.54, 1.807) is 13.8 Å². The molecule has 0 spiro atoms. The number of aliphatic hydroxyl groups is 1. The average molecular weight is 206 g/mol. The molecule has 0 aromatic carbocycles. The molecule has 5 N–H and O–H groups in total. The third-order valence-corrected chi connectivity index (χ3v) is 1.80. The van der Waals surface area contributed by atoms with Crippen molar-refractivity contribution in [2.24, 2.45) is 23.6 Å². The first kappa shape index (κ1) is 12.8. The smallest absolute Gasteiger partial charge is 0.354 e. The number of hydrogen-bond acceptors (Lipinski definition) is 7. The Kier molecular flexibility index (Phi) is 5.06. The Morgan fingerprint density at radius 1 is 1.14 bits per heavy atom. The van der Waals surface area contributed by atoms with Gasteiger partial charge >= 0.3 is 11.9 Å². The summed E-state index contributed by atoms with van der Waals surface area (Å²) in [5, 5.41) is 9.34. The van der Waals surface area contributed by atoms with Crippen LogP contribution in [0.15, 0.2) is 0 Å². The van der Waals surface area contributed by atoms with Gasteiger partial charge in [-0.1, -0.05) is 13.8 Å². The van der Waals surface area contributed by atoms with Crippen molar-refractivity contribution in [3.63, 3.8) is 0 Å². The number of hydrogen-bond donors (Lipinski definition) is 3. The van der Waals surface area contributed by atoms with Crippen molar-refractivity contribution in [2.45, 2.75) is 20.0 Å². The Morgan fingerprint density at radius 3 is 1.86 bits per heavy atom. The number of carbonyl (C=O) groups excluding carboxylic acids is 2. The van der Waals surface area contributed by atoms with Crippen LogP contribution in [-0.4, -0.2) is 23.1 Å². The van der Waals surface area contributed by atoms with Gasteiger partial charge in [0.05, 0.1) is 5.92 Å². The molecule has 0 aromatic rings. The van der Waals surface area contributed by atoms with Crippen molar-refractivity contribution in [1.29, 1.82) is 0 Å². The zero-order valence-electron chi connectivity index (χ0n) is 7.97. The molecule has 0 radical (unpaired) electrons. The summed E-state index contributed by atoms with van der Waals surface area (Å²) >= 11 is 0. The van der Waals surface area contributed by atoms with Crippen LogP contribution in [0.25, 0.3) is 0 Å². The molecule has 0 aliphatic heterocycles. The van der Waals surface area contributed by atoms with E-state index < -0.39 is 24.0 Å². The van der Waals surface area contributed by atoms with Crippen molar-refractivity contribution in [3.05, 3.63) is 0 Å². The maximum absolute atomic E-state index is 11.1. The van der Waals surface area contributed by atoms with E-state index in [2.05, 4.69) is 21.5 Å². The molecule has 0 amide bonds. The Morgan fingerprint density at radius 2 is 1.57 bits per heavy atom. The molecule has 0 aromatic heterocycles. The van der Waals surface area contributed by atoms with Crippen LogP contribution >= 0.6 is 0 Å². The molecule has 0 saturated carbocycles. The maximum Gasteiger partial charge on any atom is 0.354 e. The van der Waals surface area contributed by atoms with Gasteiger partial charge in [0.1, 0.15) is 0 Å². The Balaban J connectivity index is 4.65. The summed E-state index contributed by atoms with van der Waals surface area (Å²) in [6, 6.07) is 0. The van der Waals surface area contributed by atoms with E-state index in [0.717, 1.165) is 0 Å². The second kappa shape index (κ2) is 5.53. The average Bonchev–Trinajstić information content (AvgIpc) is 2.15. The number of nitrogens with two attached hydrogens (primary N) is 2. The Hall–Kier alpha value is -1.18. The molecule has 7 heteroatoms. The summed E-state index contributed by atoms with van der Waals surface area (Å²) in [6.07, 6.45) is -1.67. The van der Waals surface area contributed by atoms with Crippen molar-refractivity contribution in [2.75, 3.05) is 0 Å². The molecule has 82 valence electrons. The van der Waals surface area contributed by atoms with E-state index in [4.69, 9.17) is 0 Å². The van der Waals surface area contributed by atoms with Gasteiger partial charge in [0.25, 0.3) is 0 Å². The molecule has 2 atom stereocenters. The van der Waals surface area contributed by atoms with Gasteiger partial charge in [-0.25, -0.2) is 9.59 Å². The van der Waals surface area contributed by atoms with E-state index in [1.807, 2.05) is 0 Å². The van der Waals surface area contributed by atoms with Gasteiger partial charge in [-0.3, -0.25) is 0 Å². The monoisotopic (exact) mass is 206 g/mol. The minimum atomic E-state index is -1.67. The molecular formula is C7H14N2O5. The molecule has 0 heterocycles. The fourth-order valence-electron chi connectivity index (χ4n) is 1.06. The first-order valence-corrected chi connectivity index (χ1v) is 3.94. The van der Waals surface area contributed by atoms with Crippen LogP contribution in [0.3, 0.4) is 0 Å². The van der Waals surface area contributed by atoms with Gasteiger partial charge in [0.2, 0.25) is 0 Å². The molecular weight excluding hydrogens is 192 g/mol. The first-order chi connectivity index (χ1) is 6.45. The zero-order valence-corrected chi connectivity index (χ0v) is 7.97. The van der Waals surface area contributed by atoms with Gasteiger partial charge in [-0.15, -0.1) is 0 Å². The summed E-state index contributed by atoms with van der Waals surface area (Å²) in [5.74, 6) is 5.79. The fraction of sp³-hybridized carbons (Fsp3) is 0.714. The predicted molar refractivity (Wildman–Crippen MR) is 44.9 cm³/mol. The SMILES string of the molecule is CC(C)C(C(=O)ON)C(O)C(=O)ON. The van der Waals surface area contributed by atoms with E-state index in [1.165, 1.54) is 0 Å². The van der Waals surface area contributed by atoms with Crippen molar-refractivity contribution in [1.82, 2.24) is 0 Å². The van der Waals surface area contributed by atoms with Crippen LogP contribution in [0.1, 0.15) is 13.8 Å². The summed E-state index contributed by atoms with van der Waals surface area (Å²) in [6.45, 7) is 3.24. The van der Waals surface area contributed by atoms with Gasteiger partial charge in [0.15, 0.2) is 6.10 Å². The lowest BCUT2D eigenvalue weighted by atomic mass is 9.90. The molecule has 0 saturated heterocycles. The third-order valence-electron chi connectivity index (χ3n) is 1.80.